The summed E-state index contributed by atoms with van der Waals surface area (Å²) in [5.74, 6) is 0.300. The van der Waals surface area contributed by atoms with Gasteiger partial charge in [-0.15, -0.1) is 5.10 Å². The highest BCUT2D eigenvalue weighted by Crippen LogP contribution is 2.35. The first-order valence-electron chi connectivity index (χ1n) is 10.3. The fraction of sp³-hybridized carbons (Fsp3) is 0.125. The van der Waals surface area contributed by atoms with Crippen molar-refractivity contribution in [3.63, 3.8) is 0 Å². The minimum atomic E-state index is -0.836. The molecule has 0 bridgehead atoms. The second-order valence-corrected chi connectivity index (χ2v) is 8.63. The zero-order valence-corrected chi connectivity index (χ0v) is 18.5. The van der Waals surface area contributed by atoms with E-state index in [0.717, 1.165) is 5.56 Å². The van der Waals surface area contributed by atoms with Crippen LogP contribution in [0.5, 0.6) is 0 Å². The van der Waals surface area contributed by atoms with Gasteiger partial charge < -0.3 is 0 Å². The second kappa shape index (κ2) is 8.51. The van der Waals surface area contributed by atoms with E-state index in [4.69, 9.17) is 4.99 Å². The molecule has 0 saturated carbocycles. The zero-order valence-electron chi connectivity index (χ0n) is 17.6. The number of nitro benzene ring substituents is 1. The van der Waals surface area contributed by atoms with Crippen molar-refractivity contribution in [2.45, 2.75) is 18.8 Å². The maximum Gasteiger partial charge on any atom is 0.276 e. The summed E-state index contributed by atoms with van der Waals surface area (Å²) in [4.78, 5) is 29.2. The highest BCUT2D eigenvalue weighted by Gasteiger charge is 2.37. The fourth-order valence-electron chi connectivity index (χ4n) is 3.80. The van der Waals surface area contributed by atoms with E-state index in [-0.39, 0.29) is 11.6 Å². The molecule has 0 fully saturated rings. The number of carbonyl (C=O) groups is 1. The molecule has 164 valence electrons. The molecule has 0 spiro atoms. The minimum absolute atomic E-state index is 0.0694. The van der Waals surface area contributed by atoms with Crippen LogP contribution in [0.2, 0.25) is 0 Å². The topological polar surface area (TPSA) is 100 Å². The zero-order chi connectivity index (χ0) is 22.9. The van der Waals surface area contributed by atoms with Gasteiger partial charge in [0.25, 0.3) is 11.6 Å². The van der Waals surface area contributed by atoms with Gasteiger partial charge in [0.1, 0.15) is 5.70 Å². The van der Waals surface area contributed by atoms with Crippen LogP contribution in [0, 0.1) is 17.0 Å². The Morgan fingerprint density at radius 2 is 1.79 bits per heavy atom. The Morgan fingerprint density at radius 1 is 1.06 bits per heavy atom. The Bertz CT molecular complexity index is 1420. The normalized spacial score (nSPS) is 16.8. The van der Waals surface area contributed by atoms with Gasteiger partial charge in [0.15, 0.2) is 11.3 Å². The van der Waals surface area contributed by atoms with E-state index in [9.17, 15) is 14.9 Å². The van der Waals surface area contributed by atoms with Crippen LogP contribution in [0.15, 0.2) is 82.9 Å². The van der Waals surface area contributed by atoms with Crippen LogP contribution >= 0.6 is 11.8 Å². The van der Waals surface area contributed by atoms with Crippen LogP contribution in [0.4, 0.5) is 5.69 Å². The summed E-state index contributed by atoms with van der Waals surface area (Å²) in [6, 6.07) is 21.8. The number of fused-ring (bicyclic) bond motifs is 2. The monoisotopic (exact) mass is 457 g/mol. The first-order valence-corrected chi connectivity index (χ1v) is 11.3. The van der Waals surface area contributed by atoms with E-state index in [1.807, 2.05) is 43.3 Å². The smallest absolute Gasteiger partial charge is 0.276 e. The highest BCUT2D eigenvalue weighted by atomic mass is 32.2. The van der Waals surface area contributed by atoms with Crippen molar-refractivity contribution in [1.29, 1.82) is 0 Å². The Kier molecular flexibility index (Phi) is 5.39. The molecular weight excluding hydrogens is 438 g/mol. The number of aryl methyl sites for hydroxylation is 1. The number of para-hydroxylation sites is 2. The summed E-state index contributed by atoms with van der Waals surface area (Å²) >= 11 is 1.39. The third-order valence-corrected chi connectivity index (χ3v) is 6.36. The van der Waals surface area contributed by atoms with Crippen LogP contribution in [-0.4, -0.2) is 21.0 Å². The number of benzene rings is 3. The molecule has 0 aromatic heterocycles. The molecule has 8 nitrogen and oxygen atoms in total. The highest BCUT2D eigenvalue weighted by molar-refractivity contribution is 8.13. The molecule has 9 heteroatoms. The summed E-state index contributed by atoms with van der Waals surface area (Å²) in [7, 11) is 0. The molecule has 33 heavy (non-hydrogen) atoms. The van der Waals surface area contributed by atoms with Crippen molar-refractivity contribution < 1.29 is 9.72 Å². The van der Waals surface area contributed by atoms with E-state index in [1.165, 1.54) is 28.4 Å². The molecule has 3 aromatic carbocycles. The number of carbonyl (C=O) groups excluding carboxylic acids is 1. The van der Waals surface area contributed by atoms with E-state index >= 15 is 0 Å². The first kappa shape index (κ1) is 20.9. The first-order chi connectivity index (χ1) is 16.0. The van der Waals surface area contributed by atoms with Crippen molar-refractivity contribution in [2.24, 2.45) is 10.1 Å². The van der Waals surface area contributed by atoms with Crippen molar-refractivity contribution >= 4 is 34.2 Å². The lowest BCUT2D eigenvalue weighted by Crippen LogP contribution is -2.50. The van der Waals surface area contributed by atoms with Crippen molar-refractivity contribution in [1.82, 2.24) is 10.3 Å². The Labute approximate surface area is 193 Å². The second-order valence-electron chi connectivity index (χ2n) is 7.66. The third kappa shape index (κ3) is 3.98. The summed E-state index contributed by atoms with van der Waals surface area (Å²) in [5, 5.41) is 22.4. The average Bonchev–Trinajstić information content (AvgIpc) is 2.83. The van der Waals surface area contributed by atoms with Gasteiger partial charge in [-0.2, -0.15) is 0 Å². The lowest BCUT2D eigenvalue weighted by molar-refractivity contribution is -0.385. The molecule has 5 rings (SSSR count). The molecular formula is C24H19N5O3S. The van der Waals surface area contributed by atoms with Crippen molar-refractivity contribution in [3.8, 4) is 0 Å². The Hall–Kier alpha value is -3.98. The predicted octanol–water partition coefficient (Wildman–Crippen LogP) is 2.98. The quantitative estimate of drug-likeness (QED) is 0.480. The van der Waals surface area contributed by atoms with Crippen LogP contribution in [0.3, 0.4) is 0 Å². The molecule has 2 heterocycles. The van der Waals surface area contributed by atoms with E-state index in [0.29, 0.717) is 32.8 Å². The van der Waals surface area contributed by atoms with E-state index in [1.54, 1.807) is 30.3 Å². The van der Waals surface area contributed by atoms with Gasteiger partial charge in [-0.05, 0) is 24.6 Å². The standard InChI is InChI=1S/C24H19N5O3S/c1-15-10-12-16(13-11-15)14-33-24-26-23(30)21-17-6-2-4-8-19(17)25-22(28(21)27-24)18-7-3-5-9-20(18)29(31)32/h2-13,22H,14H2,1H3,(H,26,27,30)/t22-/m1/s1. The number of hydrazone groups is 1. The van der Waals surface area contributed by atoms with Gasteiger partial charge in [0.05, 0.1) is 15.8 Å². The number of thioether (sulfide) groups is 1. The molecule has 3 aromatic rings. The number of nitrogens with one attached hydrogen (secondary N) is 1. The largest absolute Gasteiger partial charge is 0.298 e. The van der Waals surface area contributed by atoms with Gasteiger partial charge in [-0.1, -0.05) is 71.9 Å². The van der Waals surface area contributed by atoms with Gasteiger partial charge in [0.2, 0.25) is 0 Å². The van der Waals surface area contributed by atoms with Crippen LogP contribution in [0.25, 0.3) is 5.70 Å². The molecule has 0 saturated heterocycles. The minimum Gasteiger partial charge on any atom is -0.298 e. The summed E-state index contributed by atoms with van der Waals surface area (Å²) in [6.45, 7) is 2.03. The van der Waals surface area contributed by atoms with E-state index in [2.05, 4.69) is 10.4 Å². The number of rotatable bonds is 4. The summed E-state index contributed by atoms with van der Waals surface area (Å²) in [6.07, 6.45) is -0.836. The molecule has 0 aliphatic carbocycles. The third-order valence-electron chi connectivity index (χ3n) is 5.42. The number of hydrogen-bond acceptors (Lipinski definition) is 7. The average molecular weight is 458 g/mol. The maximum absolute atomic E-state index is 13.2. The fourth-order valence-corrected chi connectivity index (χ4v) is 4.61. The molecule has 1 atom stereocenters. The summed E-state index contributed by atoms with van der Waals surface area (Å²) < 4.78 is 0. The van der Waals surface area contributed by atoms with Crippen LogP contribution in [-0.2, 0) is 10.5 Å². The van der Waals surface area contributed by atoms with Crippen molar-refractivity contribution in [3.05, 3.63) is 110 Å². The molecule has 0 unspecified atom stereocenters. The number of nitrogens with zero attached hydrogens (tertiary/aromatic N) is 4. The number of hydrogen-bond donors (Lipinski definition) is 1. The predicted molar refractivity (Wildman–Crippen MR) is 126 cm³/mol. The van der Waals surface area contributed by atoms with Gasteiger partial charge in [-0.3, -0.25) is 25.2 Å². The molecule has 2 aliphatic heterocycles. The Morgan fingerprint density at radius 3 is 2.58 bits per heavy atom. The molecule has 2 aliphatic rings. The lowest BCUT2D eigenvalue weighted by Gasteiger charge is -2.33. The number of amides is 1. The SMILES string of the molecule is Cc1ccc(CSC2=NN3C(=c4ccccc4=N[C@H]3c3ccccc3[N+](=O)[O-])C(=O)N2)cc1. The van der Waals surface area contributed by atoms with Gasteiger partial charge >= 0.3 is 0 Å². The Balaban J connectivity index is 1.59. The number of nitro groups is 1. The van der Waals surface area contributed by atoms with Crippen LogP contribution < -0.4 is 15.9 Å². The summed E-state index contributed by atoms with van der Waals surface area (Å²) in [5.41, 5.74) is 2.90. The molecule has 1 N–H and O–H groups in total. The van der Waals surface area contributed by atoms with Crippen LogP contribution in [0.1, 0.15) is 22.9 Å². The van der Waals surface area contributed by atoms with Gasteiger partial charge in [0, 0.05) is 17.0 Å². The molecule has 1 amide bonds. The lowest BCUT2D eigenvalue weighted by atomic mass is 10.1. The van der Waals surface area contributed by atoms with Gasteiger partial charge in [-0.25, -0.2) is 5.01 Å². The maximum atomic E-state index is 13.2. The number of amidine groups is 1. The molecule has 0 radical (unpaired) electrons. The van der Waals surface area contributed by atoms with E-state index < -0.39 is 11.1 Å². The van der Waals surface area contributed by atoms with Crippen molar-refractivity contribution in [2.75, 3.05) is 0 Å².